The Hall–Kier alpha value is -4.79. The van der Waals surface area contributed by atoms with Crippen molar-refractivity contribution in [3.8, 4) is 0 Å². The molecule has 5 rings (SSSR count). The highest BCUT2D eigenvalue weighted by Crippen LogP contribution is 2.55. The number of thioether (sulfide) groups is 1. The van der Waals surface area contributed by atoms with Gasteiger partial charge in [0, 0.05) is 38.4 Å². The first kappa shape index (κ1) is 31.6. The van der Waals surface area contributed by atoms with Gasteiger partial charge in [-0.2, -0.15) is 0 Å². The average Bonchev–Trinajstić information content (AvgIpc) is 3.24. The molecule has 0 bridgehead atoms. The maximum Gasteiger partial charge on any atom is 0.0487 e. The molecule has 1 heterocycles. The summed E-state index contributed by atoms with van der Waals surface area (Å²) in [6.45, 7) is 25.4. The van der Waals surface area contributed by atoms with E-state index in [1.54, 1.807) is 6.08 Å². The van der Waals surface area contributed by atoms with Crippen LogP contribution in [-0.4, -0.2) is 0 Å². The summed E-state index contributed by atoms with van der Waals surface area (Å²) in [6.07, 6.45) is 18.7. The lowest BCUT2D eigenvalue weighted by Gasteiger charge is -2.26. The van der Waals surface area contributed by atoms with E-state index < -0.39 is 0 Å². The largest absolute Gasteiger partial charge is 0.317 e. The van der Waals surface area contributed by atoms with E-state index in [-0.39, 0.29) is 5.41 Å². The maximum atomic E-state index is 4.37. The van der Waals surface area contributed by atoms with Crippen molar-refractivity contribution in [3.05, 3.63) is 198 Å². The van der Waals surface area contributed by atoms with Crippen molar-refractivity contribution >= 4 is 34.3 Å². The molecule has 224 valence electrons. The Morgan fingerprint density at radius 1 is 0.889 bits per heavy atom. The van der Waals surface area contributed by atoms with Crippen LogP contribution in [0.4, 0.5) is 5.69 Å². The molecule has 0 N–H and O–H groups in total. The molecule has 0 radical (unpaired) electrons. The van der Waals surface area contributed by atoms with Gasteiger partial charge < -0.3 is 4.90 Å². The predicted octanol–water partition coefficient (Wildman–Crippen LogP) is 12.3. The molecule has 1 aliphatic carbocycles. The van der Waals surface area contributed by atoms with Gasteiger partial charge in [-0.15, -0.1) is 0 Å². The Labute approximate surface area is 274 Å². The Kier molecular flexibility index (Phi) is 9.46. The smallest absolute Gasteiger partial charge is 0.0487 e. The molecule has 1 nitrogen and oxygen atoms in total. The zero-order valence-electron chi connectivity index (χ0n) is 26.8. The zero-order valence-corrected chi connectivity index (χ0v) is 27.6. The van der Waals surface area contributed by atoms with Crippen molar-refractivity contribution in [1.29, 1.82) is 0 Å². The van der Waals surface area contributed by atoms with Crippen LogP contribution < -0.4 is 4.90 Å². The first-order chi connectivity index (χ1) is 21.7. The van der Waals surface area contributed by atoms with Gasteiger partial charge in [-0.05, 0) is 82.7 Å². The molecule has 2 aliphatic rings. The molecule has 0 atom stereocenters. The molecule has 0 aromatic heterocycles. The number of anilines is 1. The van der Waals surface area contributed by atoms with Crippen LogP contribution in [-0.2, 0) is 0 Å². The monoisotopic (exact) mass is 603 g/mol. The van der Waals surface area contributed by atoms with Crippen molar-refractivity contribution in [3.63, 3.8) is 0 Å². The number of hydrogen-bond donors (Lipinski definition) is 0. The maximum absolute atomic E-state index is 4.37. The fourth-order valence-electron chi connectivity index (χ4n) is 6.12. The minimum absolute atomic E-state index is 0.211. The molecule has 0 amide bonds. The lowest BCUT2D eigenvalue weighted by atomic mass is 9.80. The number of aryl methyl sites for hydroxylation is 1. The van der Waals surface area contributed by atoms with Crippen molar-refractivity contribution in [2.45, 2.75) is 32.6 Å². The van der Waals surface area contributed by atoms with E-state index in [0.717, 1.165) is 28.1 Å². The van der Waals surface area contributed by atoms with Crippen LogP contribution in [0.15, 0.2) is 180 Å². The topological polar surface area (TPSA) is 3.24 Å². The van der Waals surface area contributed by atoms with E-state index >= 15 is 0 Å². The Morgan fingerprint density at radius 3 is 2.27 bits per heavy atom. The van der Waals surface area contributed by atoms with Crippen LogP contribution in [0.2, 0.25) is 0 Å². The van der Waals surface area contributed by atoms with Gasteiger partial charge in [0.1, 0.15) is 0 Å². The van der Waals surface area contributed by atoms with Crippen LogP contribution in [0.5, 0.6) is 0 Å². The number of rotatable bonds is 9. The molecular weight excluding hydrogens is 563 g/mol. The summed E-state index contributed by atoms with van der Waals surface area (Å²) in [7, 11) is 0. The Morgan fingerprint density at radius 2 is 1.60 bits per heavy atom. The fraction of sp³-hybridized carbons (Fsp3) is 0.116. The standard InChI is InChI=1S/C43H41NS/c1-9-17-32(10-2)33-23-25-34(26-24-33)44(40(12-4)35-19-14-13-18-30(35)5)29-28-37-38(11-3)43(7,8)39-27-22-31(6)36-20-15-16-21-41(36)45-42(37)39/h9-29H,1-3,6H2,4-5,7-8H3/b27-22-,29-28-,32-17+,40-12+. The lowest BCUT2D eigenvalue weighted by Crippen LogP contribution is -2.15. The first-order valence-electron chi connectivity index (χ1n) is 15.3. The van der Waals surface area contributed by atoms with Crippen LogP contribution in [0, 0.1) is 12.3 Å². The second-order valence-electron chi connectivity index (χ2n) is 11.6. The van der Waals surface area contributed by atoms with Crippen LogP contribution in [0.1, 0.15) is 43.0 Å². The summed E-state index contributed by atoms with van der Waals surface area (Å²) < 4.78 is 0. The van der Waals surface area contributed by atoms with Crippen molar-refractivity contribution < 1.29 is 0 Å². The van der Waals surface area contributed by atoms with Gasteiger partial charge in [-0.25, -0.2) is 0 Å². The third kappa shape index (κ3) is 6.12. The zero-order chi connectivity index (χ0) is 32.1. The Bertz CT molecular complexity index is 1860. The van der Waals surface area contributed by atoms with E-state index in [2.05, 4.69) is 162 Å². The molecule has 0 saturated heterocycles. The van der Waals surface area contributed by atoms with E-state index in [4.69, 9.17) is 0 Å². The van der Waals surface area contributed by atoms with Gasteiger partial charge in [0.25, 0.3) is 0 Å². The highest BCUT2D eigenvalue weighted by molar-refractivity contribution is 8.03. The van der Waals surface area contributed by atoms with E-state index in [1.807, 2.05) is 30.0 Å². The van der Waals surface area contributed by atoms with E-state index in [9.17, 15) is 0 Å². The van der Waals surface area contributed by atoms with Crippen LogP contribution >= 0.6 is 11.8 Å². The second-order valence-corrected chi connectivity index (χ2v) is 12.7. The molecule has 1 aliphatic heterocycles. The minimum atomic E-state index is -0.211. The van der Waals surface area contributed by atoms with Gasteiger partial charge >= 0.3 is 0 Å². The first-order valence-corrected chi connectivity index (χ1v) is 16.1. The van der Waals surface area contributed by atoms with Crippen LogP contribution in [0.3, 0.4) is 0 Å². The van der Waals surface area contributed by atoms with Crippen molar-refractivity contribution in [2.75, 3.05) is 4.90 Å². The van der Waals surface area contributed by atoms with Crippen molar-refractivity contribution in [2.24, 2.45) is 5.41 Å². The van der Waals surface area contributed by atoms with Gasteiger partial charge in [0.05, 0.1) is 0 Å². The van der Waals surface area contributed by atoms with Gasteiger partial charge in [-0.3, -0.25) is 0 Å². The number of fused-ring (bicyclic) bond motifs is 1. The predicted molar refractivity (Wildman–Crippen MR) is 200 cm³/mol. The summed E-state index contributed by atoms with van der Waals surface area (Å²) >= 11 is 1.82. The molecule has 3 aromatic rings. The average molecular weight is 604 g/mol. The van der Waals surface area contributed by atoms with Gasteiger partial charge in [0.15, 0.2) is 0 Å². The highest BCUT2D eigenvalue weighted by atomic mass is 32.2. The number of nitrogens with zero attached hydrogens (tertiary/aromatic N) is 1. The molecule has 2 heteroatoms. The molecule has 3 aromatic carbocycles. The van der Waals surface area contributed by atoms with Crippen LogP contribution in [0.25, 0.3) is 16.8 Å². The minimum Gasteiger partial charge on any atom is -0.317 e. The SMILES string of the molecule is C=C/C=C(\C=C)c1ccc(N(/C=C\C2=C(C=C)C(C)(C)C3=C2Sc2ccccc2C(=C)/C=C\3)/C(=C/C)c2ccccc2C)cc1. The Balaban J connectivity index is 1.67. The second kappa shape index (κ2) is 13.5. The van der Waals surface area contributed by atoms with Crippen molar-refractivity contribution in [1.82, 2.24) is 0 Å². The van der Waals surface area contributed by atoms with E-state index in [0.29, 0.717) is 0 Å². The molecule has 0 unspecified atom stereocenters. The summed E-state index contributed by atoms with van der Waals surface area (Å²) in [6, 6.07) is 25.7. The number of allylic oxidation sites excluding steroid dienone is 13. The molecule has 0 spiro atoms. The molecule has 45 heavy (non-hydrogen) atoms. The third-order valence-corrected chi connectivity index (χ3v) is 9.79. The summed E-state index contributed by atoms with van der Waals surface area (Å²) in [4.78, 5) is 4.74. The number of hydrogen-bond acceptors (Lipinski definition) is 2. The quantitative estimate of drug-likeness (QED) is 0.224. The number of benzene rings is 3. The summed E-state index contributed by atoms with van der Waals surface area (Å²) in [5.41, 5.74) is 12.4. The summed E-state index contributed by atoms with van der Waals surface area (Å²) in [5, 5.41) is 0. The highest BCUT2D eigenvalue weighted by Gasteiger charge is 2.37. The van der Waals surface area contributed by atoms with Gasteiger partial charge in [0.2, 0.25) is 0 Å². The van der Waals surface area contributed by atoms with E-state index in [1.165, 1.54) is 43.2 Å². The third-order valence-electron chi connectivity index (χ3n) is 8.57. The summed E-state index contributed by atoms with van der Waals surface area (Å²) in [5.74, 6) is 0. The molecular formula is C43H41NS. The molecule has 0 fully saturated rings. The lowest BCUT2D eigenvalue weighted by molar-refractivity contribution is 0.577. The normalized spacial score (nSPS) is 17.0. The van der Waals surface area contributed by atoms with Gasteiger partial charge in [-0.1, -0.05) is 149 Å². The molecule has 0 saturated carbocycles. The fourth-order valence-corrected chi connectivity index (χ4v) is 7.52.